The van der Waals surface area contributed by atoms with Gasteiger partial charge in [-0.15, -0.1) is 0 Å². The highest BCUT2D eigenvalue weighted by Gasteiger charge is 1.92. The van der Waals surface area contributed by atoms with E-state index in [0.29, 0.717) is 0 Å². The van der Waals surface area contributed by atoms with E-state index in [9.17, 15) is 0 Å². The first-order chi connectivity index (χ1) is 6.86. The molecule has 3 nitrogen and oxygen atoms in total. The molecular weight excluding hydrogens is 178 g/mol. The zero-order valence-corrected chi connectivity index (χ0v) is 8.49. The van der Waals surface area contributed by atoms with Crippen molar-refractivity contribution in [3.63, 3.8) is 0 Å². The van der Waals surface area contributed by atoms with Crippen LogP contribution in [0.4, 0.5) is 5.69 Å². The maximum absolute atomic E-state index is 8.59. The molecule has 0 saturated carbocycles. The van der Waals surface area contributed by atoms with Gasteiger partial charge < -0.3 is 15.2 Å². The summed E-state index contributed by atoms with van der Waals surface area (Å²) in [6, 6.07) is 7.82. The lowest BCUT2D eigenvalue weighted by Crippen LogP contribution is -2.01. The Labute approximate surface area is 84.7 Å². The molecule has 0 fully saturated rings. The van der Waals surface area contributed by atoms with Gasteiger partial charge in [-0.2, -0.15) is 0 Å². The van der Waals surface area contributed by atoms with Crippen molar-refractivity contribution in [2.45, 2.75) is 12.8 Å². The molecular formula is C11H17NO2. The number of hydrogen-bond donors (Lipinski definition) is 2. The lowest BCUT2D eigenvalue weighted by Gasteiger charge is -2.06. The summed E-state index contributed by atoms with van der Waals surface area (Å²) in [5.41, 5.74) is 1.09. The van der Waals surface area contributed by atoms with Crippen LogP contribution >= 0.6 is 0 Å². The number of benzene rings is 1. The molecule has 0 aromatic heterocycles. The quantitative estimate of drug-likeness (QED) is 0.681. The average Bonchev–Trinajstić information content (AvgIpc) is 2.25. The van der Waals surface area contributed by atoms with E-state index in [4.69, 9.17) is 9.84 Å². The van der Waals surface area contributed by atoms with E-state index in [-0.39, 0.29) is 6.61 Å². The van der Waals surface area contributed by atoms with Crippen molar-refractivity contribution in [1.29, 1.82) is 0 Å². The molecule has 0 heterocycles. The van der Waals surface area contributed by atoms with Crippen LogP contribution in [0.25, 0.3) is 0 Å². The van der Waals surface area contributed by atoms with E-state index in [1.807, 2.05) is 24.3 Å². The molecule has 2 N–H and O–H groups in total. The van der Waals surface area contributed by atoms with Gasteiger partial charge in [0.2, 0.25) is 0 Å². The SMILES string of the molecule is COc1ccc(NCCCCO)cc1. The number of methoxy groups -OCH3 is 1. The monoisotopic (exact) mass is 195 g/mol. The first kappa shape index (κ1) is 10.9. The van der Waals surface area contributed by atoms with Crippen LogP contribution in [0, 0.1) is 0 Å². The van der Waals surface area contributed by atoms with Gasteiger partial charge in [0, 0.05) is 18.8 Å². The molecule has 78 valence electrons. The second-order valence-electron chi connectivity index (χ2n) is 3.09. The summed E-state index contributed by atoms with van der Waals surface area (Å²) in [4.78, 5) is 0. The number of rotatable bonds is 6. The van der Waals surface area contributed by atoms with E-state index in [0.717, 1.165) is 30.8 Å². The van der Waals surface area contributed by atoms with Gasteiger partial charge in [0.15, 0.2) is 0 Å². The fraction of sp³-hybridized carbons (Fsp3) is 0.455. The molecule has 0 atom stereocenters. The maximum atomic E-state index is 8.59. The Bertz CT molecular complexity index is 246. The fourth-order valence-corrected chi connectivity index (χ4v) is 1.18. The van der Waals surface area contributed by atoms with Crippen molar-refractivity contribution in [2.24, 2.45) is 0 Å². The Balaban J connectivity index is 2.29. The molecule has 0 spiro atoms. The Morgan fingerprint density at radius 3 is 2.50 bits per heavy atom. The number of nitrogens with one attached hydrogen (secondary N) is 1. The molecule has 0 aliphatic heterocycles. The molecule has 1 rings (SSSR count). The van der Waals surface area contributed by atoms with Gasteiger partial charge in [0.05, 0.1) is 7.11 Å². The molecule has 0 radical (unpaired) electrons. The third-order valence-corrected chi connectivity index (χ3v) is 2.00. The fourth-order valence-electron chi connectivity index (χ4n) is 1.18. The molecule has 0 unspecified atom stereocenters. The summed E-state index contributed by atoms with van der Waals surface area (Å²) in [7, 11) is 1.66. The lowest BCUT2D eigenvalue weighted by molar-refractivity contribution is 0.286. The first-order valence-corrected chi connectivity index (χ1v) is 4.85. The largest absolute Gasteiger partial charge is 0.497 e. The minimum atomic E-state index is 0.268. The van der Waals surface area contributed by atoms with Crippen LogP contribution in [-0.4, -0.2) is 25.4 Å². The van der Waals surface area contributed by atoms with Crippen LogP contribution in [0.2, 0.25) is 0 Å². The van der Waals surface area contributed by atoms with Crippen LogP contribution in [-0.2, 0) is 0 Å². The van der Waals surface area contributed by atoms with E-state index in [1.165, 1.54) is 0 Å². The molecule has 0 bridgehead atoms. The minimum Gasteiger partial charge on any atom is -0.497 e. The Kier molecular flexibility index (Phi) is 4.86. The molecule has 3 heteroatoms. The predicted octanol–water partition coefficient (Wildman–Crippen LogP) is 1.88. The summed E-state index contributed by atoms with van der Waals surface area (Å²) >= 11 is 0. The highest BCUT2D eigenvalue weighted by atomic mass is 16.5. The van der Waals surface area contributed by atoms with E-state index in [1.54, 1.807) is 7.11 Å². The van der Waals surface area contributed by atoms with Crippen LogP contribution in [0.15, 0.2) is 24.3 Å². The van der Waals surface area contributed by atoms with Gasteiger partial charge >= 0.3 is 0 Å². The van der Waals surface area contributed by atoms with Gasteiger partial charge in [0.25, 0.3) is 0 Å². The van der Waals surface area contributed by atoms with E-state index >= 15 is 0 Å². The van der Waals surface area contributed by atoms with Crippen LogP contribution in [0.5, 0.6) is 5.75 Å². The van der Waals surface area contributed by atoms with Crippen molar-refractivity contribution >= 4 is 5.69 Å². The summed E-state index contributed by atoms with van der Waals surface area (Å²) in [6.07, 6.45) is 1.84. The molecule has 1 aromatic rings. The van der Waals surface area contributed by atoms with Gasteiger partial charge in [-0.05, 0) is 37.1 Å². The zero-order valence-electron chi connectivity index (χ0n) is 8.49. The van der Waals surface area contributed by atoms with Crippen molar-refractivity contribution < 1.29 is 9.84 Å². The zero-order chi connectivity index (χ0) is 10.2. The summed E-state index contributed by atoms with van der Waals surface area (Å²) in [6.45, 7) is 1.16. The number of anilines is 1. The van der Waals surface area contributed by atoms with Crippen LogP contribution in [0.3, 0.4) is 0 Å². The molecule has 0 amide bonds. The third kappa shape index (κ3) is 3.66. The minimum absolute atomic E-state index is 0.268. The molecule has 0 saturated heterocycles. The summed E-state index contributed by atoms with van der Waals surface area (Å²) < 4.78 is 5.05. The Hall–Kier alpha value is -1.22. The van der Waals surface area contributed by atoms with Crippen molar-refractivity contribution in [3.8, 4) is 5.75 Å². The second-order valence-corrected chi connectivity index (χ2v) is 3.09. The summed E-state index contributed by atoms with van der Waals surface area (Å²) in [5, 5.41) is 11.9. The summed E-state index contributed by atoms with van der Waals surface area (Å²) in [5.74, 6) is 0.867. The molecule has 14 heavy (non-hydrogen) atoms. The smallest absolute Gasteiger partial charge is 0.119 e. The van der Waals surface area contributed by atoms with Gasteiger partial charge in [-0.3, -0.25) is 0 Å². The van der Waals surface area contributed by atoms with Crippen molar-refractivity contribution in [3.05, 3.63) is 24.3 Å². The number of aliphatic hydroxyl groups is 1. The van der Waals surface area contributed by atoms with Gasteiger partial charge in [-0.1, -0.05) is 0 Å². The highest BCUT2D eigenvalue weighted by Crippen LogP contribution is 2.14. The average molecular weight is 195 g/mol. The normalized spacial score (nSPS) is 9.86. The number of ether oxygens (including phenoxy) is 1. The van der Waals surface area contributed by atoms with Gasteiger partial charge in [-0.25, -0.2) is 0 Å². The maximum Gasteiger partial charge on any atom is 0.119 e. The second kappa shape index (κ2) is 6.27. The van der Waals surface area contributed by atoms with Crippen molar-refractivity contribution in [2.75, 3.05) is 25.6 Å². The molecule has 0 aliphatic carbocycles. The molecule has 0 aliphatic rings. The Morgan fingerprint density at radius 2 is 1.93 bits per heavy atom. The number of unbranched alkanes of at least 4 members (excludes halogenated alkanes) is 1. The van der Waals surface area contributed by atoms with E-state index < -0.39 is 0 Å². The topological polar surface area (TPSA) is 41.5 Å². The molecule has 1 aromatic carbocycles. The third-order valence-electron chi connectivity index (χ3n) is 2.00. The van der Waals surface area contributed by atoms with E-state index in [2.05, 4.69) is 5.32 Å². The number of aliphatic hydroxyl groups excluding tert-OH is 1. The standard InChI is InChI=1S/C11H17NO2/c1-14-11-6-4-10(5-7-11)12-8-2-3-9-13/h4-7,12-13H,2-3,8-9H2,1H3. The lowest BCUT2D eigenvalue weighted by atomic mass is 10.3. The number of hydrogen-bond acceptors (Lipinski definition) is 3. The van der Waals surface area contributed by atoms with Crippen molar-refractivity contribution in [1.82, 2.24) is 0 Å². The van der Waals surface area contributed by atoms with Crippen LogP contribution in [0.1, 0.15) is 12.8 Å². The highest BCUT2D eigenvalue weighted by molar-refractivity contribution is 5.46. The predicted molar refractivity (Wildman–Crippen MR) is 57.8 cm³/mol. The first-order valence-electron chi connectivity index (χ1n) is 4.85. The van der Waals surface area contributed by atoms with Gasteiger partial charge in [0.1, 0.15) is 5.75 Å². The van der Waals surface area contributed by atoms with Crippen LogP contribution < -0.4 is 10.1 Å². The Morgan fingerprint density at radius 1 is 1.21 bits per heavy atom.